The van der Waals surface area contributed by atoms with Gasteiger partial charge in [-0.1, -0.05) is 0 Å². The predicted octanol–water partition coefficient (Wildman–Crippen LogP) is 1.38. The highest BCUT2D eigenvalue weighted by molar-refractivity contribution is 5.95. The normalized spacial score (nSPS) is 22.6. The summed E-state index contributed by atoms with van der Waals surface area (Å²) in [4.78, 5) is 13.3. The van der Waals surface area contributed by atoms with Crippen molar-refractivity contribution in [3.8, 4) is 5.75 Å². The van der Waals surface area contributed by atoms with Gasteiger partial charge in [-0.05, 0) is 12.1 Å². The third kappa shape index (κ3) is 2.68. The van der Waals surface area contributed by atoms with Crippen molar-refractivity contribution in [1.82, 2.24) is 4.90 Å². The van der Waals surface area contributed by atoms with Gasteiger partial charge in [-0.2, -0.15) is 0 Å². The molecule has 1 fully saturated rings. The molecule has 2 atom stereocenters. The number of aliphatic hydroxyl groups excluding tert-OH is 1. The molecule has 2 rings (SSSR count). The Hall–Kier alpha value is -1.69. The SMILES string of the molecule is COc1ccc(C(=O)N2C[C@@H](F)C[C@H]2CO)c(F)c1. The monoisotopic (exact) mass is 271 g/mol. The first-order chi connectivity index (χ1) is 9.06. The lowest BCUT2D eigenvalue weighted by Gasteiger charge is -2.22. The van der Waals surface area contributed by atoms with E-state index in [2.05, 4.69) is 0 Å². The van der Waals surface area contributed by atoms with E-state index in [1.807, 2.05) is 0 Å². The van der Waals surface area contributed by atoms with Gasteiger partial charge in [0.2, 0.25) is 0 Å². The van der Waals surface area contributed by atoms with Gasteiger partial charge in [-0.25, -0.2) is 8.78 Å². The van der Waals surface area contributed by atoms with Crippen LogP contribution in [0.15, 0.2) is 18.2 Å². The number of carbonyl (C=O) groups excluding carboxylic acids is 1. The average molecular weight is 271 g/mol. The van der Waals surface area contributed by atoms with Crippen LogP contribution in [0.25, 0.3) is 0 Å². The van der Waals surface area contributed by atoms with Crippen molar-refractivity contribution in [3.63, 3.8) is 0 Å². The molecular weight excluding hydrogens is 256 g/mol. The number of carbonyl (C=O) groups is 1. The van der Waals surface area contributed by atoms with Gasteiger partial charge >= 0.3 is 0 Å². The number of alkyl halides is 1. The van der Waals surface area contributed by atoms with E-state index in [0.717, 1.165) is 6.07 Å². The molecule has 0 saturated carbocycles. The maximum Gasteiger partial charge on any atom is 0.257 e. The van der Waals surface area contributed by atoms with Crippen LogP contribution >= 0.6 is 0 Å². The highest BCUT2D eigenvalue weighted by Gasteiger charge is 2.36. The first-order valence-electron chi connectivity index (χ1n) is 5.96. The fourth-order valence-electron chi connectivity index (χ4n) is 2.23. The van der Waals surface area contributed by atoms with Crippen molar-refractivity contribution in [2.24, 2.45) is 0 Å². The topological polar surface area (TPSA) is 49.8 Å². The van der Waals surface area contributed by atoms with E-state index in [0.29, 0.717) is 5.75 Å². The number of methoxy groups -OCH3 is 1. The number of nitrogens with zero attached hydrogens (tertiary/aromatic N) is 1. The summed E-state index contributed by atoms with van der Waals surface area (Å²) in [5, 5.41) is 9.13. The zero-order chi connectivity index (χ0) is 14.0. The molecule has 1 N–H and O–H groups in total. The highest BCUT2D eigenvalue weighted by atomic mass is 19.1. The minimum absolute atomic E-state index is 0.0833. The largest absolute Gasteiger partial charge is 0.497 e. The second kappa shape index (κ2) is 5.52. The second-order valence-electron chi connectivity index (χ2n) is 4.47. The van der Waals surface area contributed by atoms with Crippen LogP contribution in [0.4, 0.5) is 8.78 Å². The summed E-state index contributed by atoms with van der Waals surface area (Å²) < 4.78 is 31.9. The molecule has 0 spiro atoms. The number of amides is 1. The van der Waals surface area contributed by atoms with E-state index in [1.54, 1.807) is 0 Å². The molecule has 1 aliphatic heterocycles. The number of aliphatic hydroxyl groups is 1. The molecule has 1 amide bonds. The predicted molar refractivity (Wildman–Crippen MR) is 64.4 cm³/mol. The fourth-order valence-corrected chi connectivity index (χ4v) is 2.23. The molecule has 4 nitrogen and oxygen atoms in total. The van der Waals surface area contributed by atoms with Crippen LogP contribution in [0.2, 0.25) is 0 Å². The molecule has 104 valence electrons. The number of ether oxygens (including phenoxy) is 1. The molecule has 1 saturated heterocycles. The Balaban J connectivity index is 2.24. The maximum atomic E-state index is 13.8. The fraction of sp³-hybridized carbons (Fsp3) is 0.462. The molecule has 0 radical (unpaired) electrons. The van der Waals surface area contributed by atoms with E-state index < -0.39 is 23.9 Å². The van der Waals surface area contributed by atoms with E-state index in [1.165, 1.54) is 24.1 Å². The van der Waals surface area contributed by atoms with Crippen molar-refractivity contribution in [3.05, 3.63) is 29.6 Å². The number of halogens is 2. The third-order valence-corrected chi connectivity index (χ3v) is 3.24. The standard InChI is InChI=1S/C13H15F2NO3/c1-19-10-2-3-11(12(15)5-10)13(18)16-6-8(14)4-9(16)7-17/h2-3,5,8-9,17H,4,6-7H2,1H3/t8-,9-/m0/s1. The third-order valence-electron chi connectivity index (χ3n) is 3.24. The minimum Gasteiger partial charge on any atom is -0.497 e. The highest BCUT2D eigenvalue weighted by Crippen LogP contribution is 2.24. The first kappa shape index (κ1) is 13.7. The molecule has 0 bridgehead atoms. The van der Waals surface area contributed by atoms with Gasteiger partial charge in [0.05, 0.1) is 31.9 Å². The van der Waals surface area contributed by atoms with Crippen LogP contribution in [-0.2, 0) is 0 Å². The molecule has 1 heterocycles. The van der Waals surface area contributed by atoms with E-state index in [9.17, 15) is 13.6 Å². The van der Waals surface area contributed by atoms with Crippen LogP contribution < -0.4 is 4.74 Å². The Morgan fingerprint density at radius 2 is 2.32 bits per heavy atom. The molecule has 1 aromatic rings. The van der Waals surface area contributed by atoms with Gasteiger partial charge in [0.15, 0.2) is 0 Å². The zero-order valence-electron chi connectivity index (χ0n) is 10.5. The molecule has 1 aromatic carbocycles. The van der Waals surface area contributed by atoms with Crippen LogP contribution in [-0.4, -0.2) is 48.4 Å². The van der Waals surface area contributed by atoms with E-state index in [4.69, 9.17) is 9.84 Å². The molecular formula is C13H15F2NO3. The summed E-state index contributed by atoms with van der Waals surface area (Å²) in [6, 6.07) is 3.28. The summed E-state index contributed by atoms with van der Waals surface area (Å²) in [7, 11) is 1.40. The van der Waals surface area contributed by atoms with Crippen molar-refractivity contribution in [1.29, 1.82) is 0 Å². The quantitative estimate of drug-likeness (QED) is 0.903. The van der Waals surface area contributed by atoms with Crippen LogP contribution in [0.1, 0.15) is 16.8 Å². The van der Waals surface area contributed by atoms with Crippen LogP contribution in [0.3, 0.4) is 0 Å². The lowest BCUT2D eigenvalue weighted by Crippen LogP contribution is -2.38. The smallest absolute Gasteiger partial charge is 0.257 e. The number of hydrogen-bond acceptors (Lipinski definition) is 3. The Morgan fingerprint density at radius 1 is 1.58 bits per heavy atom. The molecule has 19 heavy (non-hydrogen) atoms. The van der Waals surface area contributed by atoms with Gasteiger partial charge in [-0.15, -0.1) is 0 Å². The van der Waals surface area contributed by atoms with Gasteiger partial charge in [0, 0.05) is 12.5 Å². The maximum absolute atomic E-state index is 13.8. The number of hydrogen-bond donors (Lipinski definition) is 1. The van der Waals surface area contributed by atoms with Gasteiger partial charge in [-0.3, -0.25) is 4.79 Å². The van der Waals surface area contributed by atoms with Gasteiger partial charge < -0.3 is 14.7 Å². The molecule has 0 aliphatic carbocycles. The number of benzene rings is 1. The Kier molecular flexibility index (Phi) is 3.99. The Labute approximate surface area is 109 Å². The molecule has 0 aromatic heterocycles. The average Bonchev–Trinajstić information content (AvgIpc) is 2.79. The van der Waals surface area contributed by atoms with Crippen molar-refractivity contribution in [2.45, 2.75) is 18.6 Å². The molecule has 1 aliphatic rings. The summed E-state index contributed by atoms with van der Waals surface area (Å²) in [6.45, 7) is -0.445. The van der Waals surface area contributed by atoms with Crippen LogP contribution in [0.5, 0.6) is 5.75 Å². The summed E-state index contributed by atoms with van der Waals surface area (Å²) in [5.41, 5.74) is -0.145. The van der Waals surface area contributed by atoms with Gasteiger partial charge in [0.1, 0.15) is 17.7 Å². The summed E-state index contributed by atoms with van der Waals surface area (Å²) >= 11 is 0. The van der Waals surface area contributed by atoms with Crippen molar-refractivity contribution in [2.75, 3.05) is 20.3 Å². The summed E-state index contributed by atoms with van der Waals surface area (Å²) in [5.74, 6) is -1.03. The molecule has 6 heteroatoms. The first-order valence-corrected chi connectivity index (χ1v) is 5.96. The number of likely N-dealkylation sites (tertiary alicyclic amines) is 1. The zero-order valence-corrected chi connectivity index (χ0v) is 10.5. The summed E-state index contributed by atoms with van der Waals surface area (Å²) in [6.07, 6.45) is -1.09. The minimum atomic E-state index is -1.18. The Morgan fingerprint density at radius 3 is 2.89 bits per heavy atom. The lowest BCUT2D eigenvalue weighted by atomic mass is 10.1. The van der Waals surface area contributed by atoms with Crippen molar-refractivity contribution >= 4 is 5.91 Å². The van der Waals surface area contributed by atoms with E-state index in [-0.39, 0.29) is 25.1 Å². The molecule has 0 unspecified atom stereocenters. The van der Waals surface area contributed by atoms with E-state index >= 15 is 0 Å². The number of rotatable bonds is 3. The lowest BCUT2D eigenvalue weighted by molar-refractivity contribution is 0.0668. The Bertz CT molecular complexity index is 481. The second-order valence-corrected chi connectivity index (χ2v) is 4.47. The van der Waals surface area contributed by atoms with Crippen LogP contribution in [0, 0.1) is 5.82 Å². The van der Waals surface area contributed by atoms with Crippen molar-refractivity contribution < 1.29 is 23.4 Å². The van der Waals surface area contributed by atoms with Gasteiger partial charge in [0.25, 0.3) is 5.91 Å².